The molecule has 25 heavy (non-hydrogen) atoms. The highest BCUT2D eigenvalue weighted by Crippen LogP contribution is 2.29. The van der Waals surface area contributed by atoms with Gasteiger partial charge in [-0.2, -0.15) is 0 Å². The topological polar surface area (TPSA) is 69.6 Å². The molecule has 0 heterocycles. The van der Waals surface area contributed by atoms with Crippen molar-refractivity contribution in [2.24, 2.45) is 0 Å². The van der Waals surface area contributed by atoms with E-state index in [4.69, 9.17) is 0 Å². The number of amides is 1. The zero-order valence-electron chi connectivity index (χ0n) is 13.2. The van der Waals surface area contributed by atoms with Crippen LogP contribution >= 0.6 is 0 Å². The van der Waals surface area contributed by atoms with Crippen molar-refractivity contribution in [2.45, 2.75) is 0 Å². The maximum Gasteiger partial charge on any atom is 0.259 e. The van der Waals surface area contributed by atoms with E-state index in [1.54, 1.807) is 36.4 Å². The molecule has 4 aromatic rings. The summed E-state index contributed by atoms with van der Waals surface area (Å²) in [5.74, 6) is -0.346. The Kier molecular flexibility index (Phi) is 3.51. The summed E-state index contributed by atoms with van der Waals surface area (Å²) in [7, 11) is 0. The summed E-state index contributed by atoms with van der Waals surface area (Å²) in [6.07, 6.45) is 0. The number of rotatable bonds is 2. The number of carbonyl (C=O) groups is 1. The van der Waals surface area contributed by atoms with Gasteiger partial charge in [0, 0.05) is 11.1 Å². The molecule has 0 atom stereocenters. The first-order valence-electron chi connectivity index (χ1n) is 7.87. The Morgan fingerprint density at radius 2 is 1.48 bits per heavy atom. The number of aromatic hydroxyl groups is 2. The van der Waals surface area contributed by atoms with E-state index in [1.165, 1.54) is 0 Å². The number of phenols is 2. The summed E-state index contributed by atoms with van der Waals surface area (Å²) in [6.45, 7) is 0. The van der Waals surface area contributed by atoms with Crippen LogP contribution in [0.15, 0.2) is 72.8 Å². The smallest absolute Gasteiger partial charge is 0.259 e. The van der Waals surface area contributed by atoms with E-state index in [0.717, 1.165) is 21.5 Å². The number of benzene rings is 4. The lowest BCUT2D eigenvalue weighted by Gasteiger charge is -2.11. The van der Waals surface area contributed by atoms with Gasteiger partial charge in [-0.25, -0.2) is 0 Å². The molecular weight excluding hydrogens is 314 g/mol. The number of anilines is 1. The van der Waals surface area contributed by atoms with Crippen LogP contribution in [-0.4, -0.2) is 16.1 Å². The third-order valence-electron chi connectivity index (χ3n) is 4.22. The standard InChI is InChI=1S/C21H15NO3/c23-16-9-8-13-6-3-7-19(17(13)12-16)22-21(25)18-10-14-4-1-2-5-15(14)11-20(18)24/h1-12,23-24H,(H,22,25). The van der Waals surface area contributed by atoms with E-state index >= 15 is 0 Å². The number of nitrogens with one attached hydrogen (secondary N) is 1. The lowest BCUT2D eigenvalue weighted by Crippen LogP contribution is -2.12. The average molecular weight is 329 g/mol. The van der Waals surface area contributed by atoms with E-state index in [1.807, 2.05) is 36.4 Å². The lowest BCUT2D eigenvalue weighted by molar-refractivity contribution is 0.102. The Morgan fingerprint density at radius 3 is 2.28 bits per heavy atom. The van der Waals surface area contributed by atoms with Gasteiger partial charge in [-0.3, -0.25) is 4.79 Å². The highest BCUT2D eigenvalue weighted by molar-refractivity contribution is 6.12. The molecule has 4 heteroatoms. The van der Waals surface area contributed by atoms with E-state index in [9.17, 15) is 15.0 Å². The minimum absolute atomic E-state index is 0.0701. The largest absolute Gasteiger partial charge is 0.508 e. The van der Waals surface area contributed by atoms with Crippen molar-refractivity contribution in [2.75, 3.05) is 5.32 Å². The molecule has 0 aliphatic carbocycles. The molecular formula is C21H15NO3. The Balaban J connectivity index is 1.76. The first-order chi connectivity index (χ1) is 12.1. The quantitative estimate of drug-likeness (QED) is 0.501. The highest BCUT2D eigenvalue weighted by atomic mass is 16.3. The van der Waals surface area contributed by atoms with Crippen LogP contribution in [0, 0.1) is 0 Å². The predicted octanol–water partition coefficient (Wildman–Crippen LogP) is 4.66. The maximum absolute atomic E-state index is 12.7. The molecule has 0 bridgehead atoms. The van der Waals surface area contributed by atoms with Gasteiger partial charge < -0.3 is 15.5 Å². The van der Waals surface area contributed by atoms with Crippen LogP contribution in [0.4, 0.5) is 5.69 Å². The molecule has 0 spiro atoms. The van der Waals surface area contributed by atoms with E-state index < -0.39 is 5.91 Å². The van der Waals surface area contributed by atoms with Crippen molar-refractivity contribution >= 4 is 33.1 Å². The van der Waals surface area contributed by atoms with Gasteiger partial charge in [0.25, 0.3) is 5.91 Å². The molecule has 0 aliphatic heterocycles. The SMILES string of the molecule is O=C(Nc1cccc2ccc(O)cc12)c1cc2ccccc2cc1O. The van der Waals surface area contributed by atoms with Gasteiger partial charge in [-0.05, 0) is 46.5 Å². The Morgan fingerprint density at radius 1 is 0.760 bits per heavy atom. The van der Waals surface area contributed by atoms with Crippen molar-refractivity contribution in [3.63, 3.8) is 0 Å². The second kappa shape index (κ2) is 5.83. The molecule has 4 rings (SSSR count). The molecule has 122 valence electrons. The normalized spacial score (nSPS) is 10.9. The zero-order valence-corrected chi connectivity index (χ0v) is 13.2. The maximum atomic E-state index is 12.7. The van der Waals surface area contributed by atoms with E-state index in [0.29, 0.717) is 5.69 Å². The molecule has 0 aromatic heterocycles. The molecule has 0 saturated carbocycles. The molecule has 1 amide bonds. The first-order valence-corrected chi connectivity index (χ1v) is 7.87. The van der Waals surface area contributed by atoms with E-state index in [2.05, 4.69) is 5.32 Å². The van der Waals surface area contributed by atoms with Gasteiger partial charge in [0.15, 0.2) is 0 Å². The monoisotopic (exact) mass is 329 g/mol. The minimum Gasteiger partial charge on any atom is -0.508 e. The number of hydrogen-bond acceptors (Lipinski definition) is 3. The van der Waals surface area contributed by atoms with Crippen molar-refractivity contribution in [3.8, 4) is 11.5 Å². The summed E-state index contributed by atoms with van der Waals surface area (Å²) < 4.78 is 0. The second-order valence-electron chi connectivity index (χ2n) is 5.88. The fourth-order valence-corrected chi connectivity index (χ4v) is 2.97. The van der Waals surface area contributed by atoms with Crippen LogP contribution in [0.2, 0.25) is 0 Å². The van der Waals surface area contributed by atoms with Gasteiger partial charge in [-0.1, -0.05) is 42.5 Å². The minimum atomic E-state index is -0.404. The predicted molar refractivity (Wildman–Crippen MR) is 99.2 cm³/mol. The Hall–Kier alpha value is -3.53. The van der Waals surface area contributed by atoms with Crippen molar-refractivity contribution in [1.29, 1.82) is 0 Å². The zero-order chi connectivity index (χ0) is 17.4. The second-order valence-corrected chi connectivity index (χ2v) is 5.88. The molecule has 0 radical (unpaired) electrons. The number of fused-ring (bicyclic) bond motifs is 2. The van der Waals surface area contributed by atoms with Crippen LogP contribution in [0.3, 0.4) is 0 Å². The van der Waals surface area contributed by atoms with Crippen LogP contribution in [0.5, 0.6) is 11.5 Å². The summed E-state index contributed by atoms with van der Waals surface area (Å²) in [6, 6.07) is 21.3. The first kappa shape index (κ1) is 15.0. The van der Waals surface area contributed by atoms with Crippen LogP contribution in [-0.2, 0) is 0 Å². The van der Waals surface area contributed by atoms with E-state index in [-0.39, 0.29) is 17.1 Å². The fourth-order valence-electron chi connectivity index (χ4n) is 2.97. The van der Waals surface area contributed by atoms with Crippen molar-refractivity contribution < 1.29 is 15.0 Å². The lowest BCUT2D eigenvalue weighted by atomic mass is 10.0. The molecule has 0 saturated heterocycles. The average Bonchev–Trinajstić information content (AvgIpc) is 2.61. The summed E-state index contributed by atoms with van der Waals surface area (Å²) in [4.78, 5) is 12.7. The highest BCUT2D eigenvalue weighted by Gasteiger charge is 2.14. The third-order valence-corrected chi connectivity index (χ3v) is 4.22. The molecule has 0 aliphatic rings. The number of carbonyl (C=O) groups excluding carboxylic acids is 1. The molecule has 3 N–H and O–H groups in total. The van der Waals surface area contributed by atoms with Gasteiger partial charge in [0.2, 0.25) is 0 Å². The van der Waals surface area contributed by atoms with Crippen molar-refractivity contribution in [1.82, 2.24) is 0 Å². The molecule has 0 fully saturated rings. The van der Waals surface area contributed by atoms with Gasteiger partial charge in [-0.15, -0.1) is 0 Å². The fraction of sp³-hybridized carbons (Fsp3) is 0. The van der Waals surface area contributed by atoms with Gasteiger partial charge >= 0.3 is 0 Å². The summed E-state index contributed by atoms with van der Waals surface area (Å²) in [5.41, 5.74) is 0.779. The summed E-state index contributed by atoms with van der Waals surface area (Å²) in [5, 5.41) is 26.1. The molecule has 4 aromatic carbocycles. The molecule has 4 nitrogen and oxygen atoms in total. The number of hydrogen-bond donors (Lipinski definition) is 3. The third kappa shape index (κ3) is 2.74. The van der Waals surface area contributed by atoms with Crippen LogP contribution in [0.25, 0.3) is 21.5 Å². The molecule has 0 unspecified atom stereocenters. The Labute approximate surface area is 144 Å². The van der Waals surface area contributed by atoms with Gasteiger partial charge in [0.1, 0.15) is 11.5 Å². The summed E-state index contributed by atoms with van der Waals surface area (Å²) >= 11 is 0. The van der Waals surface area contributed by atoms with Crippen LogP contribution < -0.4 is 5.32 Å². The van der Waals surface area contributed by atoms with Crippen molar-refractivity contribution in [3.05, 3.63) is 78.4 Å². The van der Waals surface area contributed by atoms with Gasteiger partial charge in [0.05, 0.1) is 5.56 Å². The Bertz CT molecular complexity index is 1120. The number of phenolic OH excluding ortho intramolecular Hbond substituents is 2. The van der Waals surface area contributed by atoms with Crippen LogP contribution in [0.1, 0.15) is 10.4 Å².